The van der Waals surface area contributed by atoms with Gasteiger partial charge in [-0.3, -0.25) is 9.69 Å². The number of guanidine groups is 1. The van der Waals surface area contributed by atoms with Gasteiger partial charge in [0.25, 0.3) is 0 Å². The molecule has 0 spiro atoms. The zero-order valence-electron chi connectivity index (χ0n) is 18.3. The van der Waals surface area contributed by atoms with Crippen LogP contribution in [0.25, 0.3) is 0 Å². The molecule has 0 aromatic carbocycles. The van der Waals surface area contributed by atoms with Crippen molar-refractivity contribution in [3.63, 3.8) is 0 Å². The molecule has 0 bridgehead atoms. The molecule has 0 aliphatic carbocycles. The summed E-state index contributed by atoms with van der Waals surface area (Å²) in [4.78, 5) is 25.6. The third-order valence-electron chi connectivity index (χ3n) is 6.14. The summed E-state index contributed by atoms with van der Waals surface area (Å²) in [5, 5.41) is 5.62. The maximum atomic E-state index is 12.8. The van der Waals surface area contributed by atoms with Crippen LogP contribution >= 0.6 is 11.3 Å². The Morgan fingerprint density at radius 1 is 1.13 bits per heavy atom. The molecule has 1 N–H and O–H groups in total. The van der Waals surface area contributed by atoms with Crippen molar-refractivity contribution in [2.75, 3.05) is 45.8 Å². The highest BCUT2D eigenvalue weighted by atomic mass is 32.1. The second-order valence-corrected chi connectivity index (χ2v) is 9.24. The monoisotopic (exact) mass is 443 g/mol. The van der Waals surface area contributed by atoms with Gasteiger partial charge < -0.3 is 19.5 Å². The van der Waals surface area contributed by atoms with E-state index < -0.39 is 0 Å². The van der Waals surface area contributed by atoms with Gasteiger partial charge in [-0.15, -0.1) is 11.3 Å². The topological polar surface area (TPSA) is 64.3 Å². The van der Waals surface area contributed by atoms with Crippen molar-refractivity contribution in [1.82, 2.24) is 20.0 Å². The predicted molar refractivity (Wildman–Crippen MR) is 124 cm³/mol. The molecule has 4 heterocycles. The summed E-state index contributed by atoms with van der Waals surface area (Å²) in [6.45, 7) is 8.85. The number of aliphatic imine (C=N–C) groups is 1. The van der Waals surface area contributed by atoms with Crippen LogP contribution in [0, 0.1) is 0 Å². The van der Waals surface area contributed by atoms with Crippen molar-refractivity contribution in [2.45, 2.75) is 38.8 Å². The number of carbonyl (C=O) groups is 1. The first kappa shape index (κ1) is 21.9. The molecule has 1 amide bonds. The molecule has 7 nitrogen and oxygen atoms in total. The van der Waals surface area contributed by atoms with Crippen LogP contribution in [0.1, 0.15) is 30.4 Å². The minimum absolute atomic E-state index is 0.0429. The van der Waals surface area contributed by atoms with E-state index in [0.717, 1.165) is 76.8 Å². The van der Waals surface area contributed by atoms with Crippen molar-refractivity contribution in [3.8, 4) is 0 Å². The standard InChI is InChI=1S/C23H33N5O2S/c1-19(22(29)27-10-2-3-11-27)26-12-14-28(15-13-26)23(25-18-21-7-5-17-31-21)24-9-8-20-6-4-16-30-20/h4-7,16-17,19H,2-3,8-15,18H2,1H3,(H,24,25). The highest BCUT2D eigenvalue weighted by Gasteiger charge is 2.30. The largest absolute Gasteiger partial charge is 0.469 e. The molecular formula is C23H33N5O2S. The number of furan rings is 1. The Kier molecular flexibility index (Phi) is 7.64. The first-order valence-corrected chi connectivity index (χ1v) is 12.2. The van der Waals surface area contributed by atoms with Gasteiger partial charge in [-0.2, -0.15) is 0 Å². The zero-order chi connectivity index (χ0) is 21.5. The Morgan fingerprint density at radius 2 is 1.94 bits per heavy atom. The Morgan fingerprint density at radius 3 is 2.61 bits per heavy atom. The van der Waals surface area contributed by atoms with Gasteiger partial charge in [0, 0.05) is 57.1 Å². The predicted octanol–water partition coefficient (Wildman–Crippen LogP) is 2.66. The molecule has 2 aliphatic heterocycles. The molecule has 4 rings (SSSR count). The highest BCUT2D eigenvalue weighted by Crippen LogP contribution is 2.15. The average Bonchev–Trinajstić information content (AvgIpc) is 3.58. The molecule has 1 atom stereocenters. The molecule has 2 aliphatic rings. The second-order valence-electron chi connectivity index (χ2n) is 8.21. The zero-order valence-corrected chi connectivity index (χ0v) is 19.1. The molecule has 0 saturated carbocycles. The minimum Gasteiger partial charge on any atom is -0.469 e. The van der Waals surface area contributed by atoms with Crippen LogP contribution in [-0.4, -0.2) is 78.4 Å². The fourth-order valence-electron chi connectivity index (χ4n) is 4.25. The quantitative estimate of drug-likeness (QED) is 0.527. The number of likely N-dealkylation sites (tertiary alicyclic amines) is 1. The number of thiophene rings is 1. The van der Waals surface area contributed by atoms with E-state index in [1.54, 1.807) is 17.6 Å². The van der Waals surface area contributed by atoms with Crippen LogP contribution in [-0.2, 0) is 17.8 Å². The number of nitrogens with zero attached hydrogens (tertiary/aromatic N) is 4. The van der Waals surface area contributed by atoms with Crippen LogP contribution in [0.15, 0.2) is 45.3 Å². The number of piperazine rings is 1. The van der Waals surface area contributed by atoms with Gasteiger partial charge in [-0.1, -0.05) is 6.07 Å². The van der Waals surface area contributed by atoms with E-state index in [1.807, 2.05) is 17.0 Å². The van der Waals surface area contributed by atoms with Crippen LogP contribution in [0.5, 0.6) is 0 Å². The van der Waals surface area contributed by atoms with Crippen molar-refractivity contribution in [3.05, 3.63) is 46.5 Å². The maximum Gasteiger partial charge on any atom is 0.239 e. The average molecular weight is 444 g/mol. The summed E-state index contributed by atoms with van der Waals surface area (Å²) >= 11 is 1.73. The van der Waals surface area contributed by atoms with Crippen LogP contribution < -0.4 is 5.32 Å². The number of hydrogen-bond donors (Lipinski definition) is 1. The molecule has 1 unspecified atom stereocenters. The summed E-state index contributed by atoms with van der Waals surface area (Å²) in [6, 6.07) is 8.07. The lowest BCUT2D eigenvalue weighted by atomic mass is 10.2. The van der Waals surface area contributed by atoms with Gasteiger partial charge in [0.2, 0.25) is 5.91 Å². The van der Waals surface area contributed by atoms with E-state index in [0.29, 0.717) is 6.54 Å². The van der Waals surface area contributed by atoms with Gasteiger partial charge in [0.05, 0.1) is 18.8 Å². The van der Waals surface area contributed by atoms with Crippen molar-refractivity contribution in [2.24, 2.45) is 4.99 Å². The SMILES string of the molecule is CC(C(=O)N1CCCC1)N1CCN(C(=NCc2cccs2)NCCc2ccco2)CC1. The molecule has 2 aromatic heterocycles. The third kappa shape index (κ3) is 5.89. The molecular weight excluding hydrogens is 410 g/mol. The van der Waals surface area contributed by atoms with E-state index >= 15 is 0 Å². The molecule has 2 saturated heterocycles. The Balaban J connectivity index is 1.32. The second kappa shape index (κ2) is 10.8. The highest BCUT2D eigenvalue weighted by molar-refractivity contribution is 7.09. The van der Waals surface area contributed by atoms with E-state index in [-0.39, 0.29) is 11.9 Å². The first-order valence-electron chi connectivity index (χ1n) is 11.3. The molecule has 8 heteroatoms. The van der Waals surface area contributed by atoms with Gasteiger partial charge in [0.15, 0.2) is 5.96 Å². The van der Waals surface area contributed by atoms with Crippen molar-refractivity contribution < 1.29 is 9.21 Å². The van der Waals surface area contributed by atoms with Gasteiger partial charge >= 0.3 is 0 Å². The smallest absolute Gasteiger partial charge is 0.239 e. The Hall–Kier alpha value is -2.32. The van der Waals surface area contributed by atoms with Crippen LogP contribution in [0.4, 0.5) is 0 Å². The molecule has 31 heavy (non-hydrogen) atoms. The van der Waals surface area contributed by atoms with Gasteiger partial charge in [-0.05, 0) is 43.3 Å². The van der Waals surface area contributed by atoms with E-state index in [9.17, 15) is 4.79 Å². The van der Waals surface area contributed by atoms with Crippen molar-refractivity contribution >= 4 is 23.2 Å². The fraction of sp³-hybridized carbons (Fsp3) is 0.565. The summed E-state index contributed by atoms with van der Waals surface area (Å²) in [5.74, 6) is 2.21. The number of amides is 1. The van der Waals surface area contributed by atoms with E-state index in [1.165, 1.54) is 4.88 Å². The van der Waals surface area contributed by atoms with Crippen LogP contribution in [0.2, 0.25) is 0 Å². The summed E-state index contributed by atoms with van der Waals surface area (Å²) in [6.07, 6.45) is 4.82. The van der Waals surface area contributed by atoms with E-state index in [2.05, 4.69) is 39.6 Å². The van der Waals surface area contributed by atoms with Gasteiger partial charge in [0.1, 0.15) is 5.76 Å². The molecule has 2 aromatic rings. The van der Waals surface area contributed by atoms with Crippen molar-refractivity contribution in [1.29, 1.82) is 0 Å². The molecule has 168 valence electrons. The fourth-order valence-corrected chi connectivity index (χ4v) is 4.88. The Labute approximate surface area is 188 Å². The first-order chi connectivity index (χ1) is 15.2. The number of hydrogen-bond acceptors (Lipinski definition) is 5. The summed E-state index contributed by atoms with van der Waals surface area (Å²) in [7, 11) is 0. The Bertz CT molecular complexity index is 822. The summed E-state index contributed by atoms with van der Waals surface area (Å²) in [5.41, 5.74) is 0. The third-order valence-corrected chi connectivity index (χ3v) is 7.00. The number of carbonyl (C=O) groups excluding carboxylic acids is 1. The molecule has 2 fully saturated rings. The van der Waals surface area contributed by atoms with Gasteiger partial charge in [-0.25, -0.2) is 4.99 Å². The maximum absolute atomic E-state index is 12.8. The lowest BCUT2D eigenvalue weighted by molar-refractivity contribution is -0.135. The van der Waals surface area contributed by atoms with E-state index in [4.69, 9.17) is 9.41 Å². The normalized spacial score (nSPS) is 19.1. The minimum atomic E-state index is -0.0429. The van der Waals surface area contributed by atoms with Crippen LogP contribution in [0.3, 0.4) is 0 Å². The summed E-state index contributed by atoms with van der Waals surface area (Å²) < 4.78 is 5.45. The molecule has 0 radical (unpaired) electrons. The number of nitrogens with one attached hydrogen (secondary N) is 1. The lowest BCUT2D eigenvalue weighted by Crippen LogP contribution is -2.57. The number of rotatable bonds is 7. The lowest BCUT2D eigenvalue weighted by Gasteiger charge is -2.39.